The van der Waals surface area contributed by atoms with Crippen molar-refractivity contribution in [2.24, 2.45) is 0 Å². The van der Waals surface area contributed by atoms with Crippen LogP contribution >= 0.6 is 34.4 Å². The molecule has 1 aromatic carbocycles. The van der Waals surface area contributed by atoms with Crippen molar-refractivity contribution in [3.63, 3.8) is 0 Å². The molecule has 1 unspecified atom stereocenters. The Bertz CT molecular complexity index is 650. The number of aromatic nitrogens is 2. The van der Waals surface area contributed by atoms with E-state index in [1.54, 1.807) is 11.8 Å². The van der Waals surface area contributed by atoms with Crippen molar-refractivity contribution in [3.8, 4) is 5.75 Å². The van der Waals surface area contributed by atoms with Gasteiger partial charge in [-0.3, -0.25) is 0 Å². The van der Waals surface area contributed by atoms with E-state index >= 15 is 0 Å². The average Bonchev–Trinajstić information content (AvgIpc) is 2.49. The summed E-state index contributed by atoms with van der Waals surface area (Å²) in [6.45, 7) is 2.07. The molecule has 1 aliphatic rings. The lowest BCUT2D eigenvalue weighted by Crippen LogP contribution is -2.19. The van der Waals surface area contributed by atoms with Gasteiger partial charge in [0.25, 0.3) is 0 Å². The predicted octanol–water partition coefficient (Wildman–Crippen LogP) is 3.45. The van der Waals surface area contributed by atoms with Crippen molar-refractivity contribution < 1.29 is 4.74 Å². The maximum absolute atomic E-state index is 6.01. The molecule has 0 amide bonds. The summed E-state index contributed by atoms with van der Waals surface area (Å²) in [6, 6.07) is 8.04. The summed E-state index contributed by atoms with van der Waals surface area (Å²) in [7, 11) is 0. The smallest absolute Gasteiger partial charge is 0.172 e. The fraction of sp³-hybridized carbons (Fsp3) is 0.286. The molecule has 104 valence electrons. The van der Waals surface area contributed by atoms with E-state index in [1.165, 1.54) is 0 Å². The van der Waals surface area contributed by atoms with Gasteiger partial charge in [-0.2, -0.15) is 0 Å². The predicted molar refractivity (Wildman–Crippen MR) is 89.1 cm³/mol. The van der Waals surface area contributed by atoms with Crippen molar-refractivity contribution in [3.05, 3.63) is 39.4 Å². The lowest BCUT2D eigenvalue weighted by atomic mass is 10.2. The number of halogens is 1. The Kier molecular flexibility index (Phi) is 4.02. The van der Waals surface area contributed by atoms with Crippen LogP contribution in [0.5, 0.6) is 5.75 Å². The van der Waals surface area contributed by atoms with E-state index in [0.29, 0.717) is 11.6 Å². The summed E-state index contributed by atoms with van der Waals surface area (Å²) in [5, 5.41) is 0. The van der Waals surface area contributed by atoms with Crippen LogP contribution in [-0.2, 0) is 6.42 Å². The summed E-state index contributed by atoms with van der Waals surface area (Å²) < 4.78 is 6.95. The van der Waals surface area contributed by atoms with E-state index in [0.717, 1.165) is 32.1 Å². The molecule has 2 heterocycles. The Morgan fingerprint density at radius 2 is 2.20 bits per heavy atom. The Morgan fingerprint density at radius 1 is 1.40 bits per heavy atom. The van der Waals surface area contributed by atoms with Crippen molar-refractivity contribution in [2.75, 3.05) is 11.5 Å². The third-order valence-electron chi connectivity index (χ3n) is 3.09. The Morgan fingerprint density at radius 3 is 3.00 bits per heavy atom. The highest BCUT2D eigenvalue weighted by molar-refractivity contribution is 14.1. The maximum Gasteiger partial charge on any atom is 0.172 e. The number of aryl methyl sites for hydroxylation is 1. The molecule has 0 saturated carbocycles. The number of para-hydroxylation sites is 1. The standard InChI is InChI=1S/C14H14IN3OS/c1-2-8-12(15)13(16)18-14(17-8)10-7-20-11-6-4-3-5-9(11)19-10/h3-6,10H,2,7H2,1H3,(H2,16,17,18). The van der Waals surface area contributed by atoms with Crippen LogP contribution in [-0.4, -0.2) is 15.7 Å². The molecular formula is C14H14IN3OS. The number of hydrogen-bond donors (Lipinski definition) is 1. The molecule has 0 fully saturated rings. The molecule has 0 saturated heterocycles. The summed E-state index contributed by atoms with van der Waals surface area (Å²) in [5.74, 6) is 2.93. The monoisotopic (exact) mass is 399 g/mol. The van der Waals surface area contributed by atoms with Crippen LogP contribution in [0, 0.1) is 3.57 Å². The first-order valence-electron chi connectivity index (χ1n) is 6.39. The number of benzene rings is 1. The average molecular weight is 399 g/mol. The second-order valence-electron chi connectivity index (χ2n) is 4.45. The molecular weight excluding hydrogens is 385 g/mol. The van der Waals surface area contributed by atoms with Crippen LogP contribution in [0.1, 0.15) is 24.5 Å². The molecule has 0 aliphatic carbocycles. The number of fused-ring (bicyclic) bond motifs is 1. The summed E-state index contributed by atoms with van der Waals surface area (Å²) >= 11 is 3.96. The molecule has 3 rings (SSSR count). The number of ether oxygens (including phenoxy) is 1. The lowest BCUT2D eigenvalue weighted by molar-refractivity contribution is 0.210. The number of hydrogen-bond acceptors (Lipinski definition) is 5. The molecule has 0 bridgehead atoms. The summed E-state index contributed by atoms with van der Waals surface area (Å²) in [4.78, 5) is 10.2. The molecule has 1 aliphatic heterocycles. The van der Waals surface area contributed by atoms with Gasteiger partial charge in [0.05, 0.1) is 9.26 Å². The fourth-order valence-corrected chi connectivity index (χ4v) is 3.66. The minimum absolute atomic E-state index is 0.139. The third kappa shape index (κ3) is 2.58. The van der Waals surface area contributed by atoms with Gasteiger partial charge in [-0.15, -0.1) is 11.8 Å². The van der Waals surface area contributed by atoms with Gasteiger partial charge >= 0.3 is 0 Å². The maximum atomic E-state index is 6.01. The van der Waals surface area contributed by atoms with Gasteiger partial charge in [-0.1, -0.05) is 19.1 Å². The first-order chi connectivity index (χ1) is 9.69. The Balaban J connectivity index is 1.93. The van der Waals surface area contributed by atoms with Crippen LogP contribution in [0.4, 0.5) is 5.82 Å². The molecule has 2 aromatic rings. The molecule has 1 atom stereocenters. The van der Waals surface area contributed by atoms with Gasteiger partial charge in [0, 0.05) is 10.6 Å². The number of nitrogens with two attached hydrogens (primary N) is 1. The zero-order valence-corrected chi connectivity index (χ0v) is 13.9. The highest BCUT2D eigenvalue weighted by atomic mass is 127. The van der Waals surface area contributed by atoms with E-state index in [1.807, 2.05) is 18.2 Å². The number of thioether (sulfide) groups is 1. The first-order valence-corrected chi connectivity index (χ1v) is 8.45. The van der Waals surface area contributed by atoms with Crippen LogP contribution in [0.15, 0.2) is 29.2 Å². The number of nitrogen functional groups attached to an aromatic ring is 1. The Hall–Kier alpha value is -1.02. The molecule has 1 aromatic heterocycles. The second-order valence-corrected chi connectivity index (χ2v) is 6.59. The number of anilines is 1. The van der Waals surface area contributed by atoms with E-state index in [4.69, 9.17) is 10.5 Å². The first kappa shape index (κ1) is 13.9. The highest BCUT2D eigenvalue weighted by Gasteiger charge is 2.25. The van der Waals surface area contributed by atoms with E-state index in [2.05, 4.69) is 45.5 Å². The molecule has 20 heavy (non-hydrogen) atoms. The topological polar surface area (TPSA) is 61.0 Å². The summed E-state index contributed by atoms with van der Waals surface area (Å²) in [5.41, 5.74) is 6.96. The summed E-state index contributed by atoms with van der Waals surface area (Å²) in [6.07, 6.45) is 0.702. The van der Waals surface area contributed by atoms with E-state index in [-0.39, 0.29) is 6.10 Å². The highest BCUT2D eigenvalue weighted by Crippen LogP contribution is 2.39. The third-order valence-corrected chi connectivity index (χ3v) is 5.39. The van der Waals surface area contributed by atoms with Gasteiger partial charge in [-0.25, -0.2) is 9.97 Å². The number of rotatable bonds is 2. The molecule has 0 radical (unpaired) electrons. The number of nitrogens with zero attached hydrogens (tertiary/aromatic N) is 2. The van der Waals surface area contributed by atoms with Crippen molar-refractivity contribution in [2.45, 2.75) is 24.3 Å². The Labute approximate surface area is 135 Å². The molecule has 6 heteroatoms. The van der Waals surface area contributed by atoms with Gasteiger partial charge in [0.1, 0.15) is 11.6 Å². The van der Waals surface area contributed by atoms with E-state index < -0.39 is 0 Å². The van der Waals surface area contributed by atoms with Crippen LogP contribution in [0.2, 0.25) is 0 Å². The zero-order chi connectivity index (χ0) is 14.1. The largest absolute Gasteiger partial charge is 0.480 e. The SMILES string of the molecule is CCc1nc(C2CSc3ccccc3O2)nc(N)c1I. The molecule has 4 nitrogen and oxygen atoms in total. The minimum atomic E-state index is -0.139. The van der Waals surface area contributed by atoms with Crippen molar-refractivity contribution in [1.82, 2.24) is 9.97 Å². The molecule has 0 spiro atoms. The van der Waals surface area contributed by atoms with Crippen LogP contribution < -0.4 is 10.5 Å². The zero-order valence-electron chi connectivity index (χ0n) is 11.0. The van der Waals surface area contributed by atoms with Gasteiger partial charge in [0.2, 0.25) is 0 Å². The van der Waals surface area contributed by atoms with E-state index in [9.17, 15) is 0 Å². The van der Waals surface area contributed by atoms with Crippen LogP contribution in [0.25, 0.3) is 0 Å². The van der Waals surface area contributed by atoms with Gasteiger partial charge in [0.15, 0.2) is 11.9 Å². The van der Waals surface area contributed by atoms with Crippen LogP contribution in [0.3, 0.4) is 0 Å². The van der Waals surface area contributed by atoms with Crippen molar-refractivity contribution >= 4 is 40.2 Å². The van der Waals surface area contributed by atoms with Gasteiger partial charge in [-0.05, 0) is 41.1 Å². The van der Waals surface area contributed by atoms with Crippen molar-refractivity contribution in [1.29, 1.82) is 0 Å². The second kappa shape index (κ2) is 5.77. The fourth-order valence-electron chi connectivity index (χ4n) is 2.06. The molecule has 2 N–H and O–H groups in total. The van der Waals surface area contributed by atoms with Gasteiger partial charge < -0.3 is 10.5 Å². The normalized spacial score (nSPS) is 17.4. The lowest BCUT2D eigenvalue weighted by Gasteiger charge is -2.25. The quantitative estimate of drug-likeness (QED) is 0.784. The minimum Gasteiger partial charge on any atom is -0.480 e.